The predicted molar refractivity (Wildman–Crippen MR) is 128 cm³/mol. The molecule has 7 heteroatoms. The minimum atomic E-state index is -0.322. The average molecular weight is 457 g/mol. The summed E-state index contributed by atoms with van der Waals surface area (Å²) in [4.78, 5) is 23.9. The minimum Gasteiger partial charge on any atom is -0.459 e. The number of nitrogens with zero attached hydrogens (tertiary/aromatic N) is 3. The summed E-state index contributed by atoms with van der Waals surface area (Å²) >= 11 is 0. The van der Waals surface area contributed by atoms with Crippen molar-refractivity contribution >= 4 is 22.6 Å². The Morgan fingerprint density at radius 3 is 2.62 bits per heavy atom. The Hall–Kier alpha value is -3.74. The fourth-order valence-electron chi connectivity index (χ4n) is 4.31. The number of aromatic nitrogens is 2. The van der Waals surface area contributed by atoms with E-state index in [0.29, 0.717) is 11.6 Å². The summed E-state index contributed by atoms with van der Waals surface area (Å²) < 4.78 is 20.2. The highest BCUT2D eigenvalue weighted by Gasteiger charge is 2.34. The first kappa shape index (κ1) is 20.8. The van der Waals surface area contributed by atoms with E-state index in [1.807, 2.05) is 25.1 Å². The smallest absolute Gasteiger partial charge is 0.290 e. The van der Waals surface area contributed by atoms with Gasteiger partial charge in [0.2, 0.25) is 0 Å². The predicted octanol–water partition coefficient (Wildman–Crippen LogP) is 5.72. The van der Waals surface area contributed by atoms with Gasteiger partial charge in [-0.1, -0.05) is 12.1 Å². The maximum Gasteiger partial charge on any atom is 0.290 e. The number of anilines is 1. The molecule has 1 amide bonds. The van der Waals surface area contributed by atoms with Gasteiger partial charge in [0, 0.05) is 29.6 Å². The number of carbonyl (C=O) groups excluding carboxylic acids is 1. The molecule has 6 rings (SSSR count). The zero-order valence-corrected chi connectivity index (χ0v) is 18.9. The van der Waals surface area contributed by atoms with E-state index in [9.17, 15) is 9.18 Å². The molecule has 2 saturated carbocycles. The highest BCUT2D eigenvalue weighted by Crippen LogP contribution is 2.33. The number of rotatable bonds is 7. The van der Waals surface area contributed by atoms with Crippen molar-refractivity contribution in [3.63, 3.8) is 0 Å². The molecule has 34 heavy (non-hydrogen) atoms. The topological polar surface area (TPSA) is 71.3 Å². The summed E-state index contributed by atoms with van der Waals surface area (Å²) in [6, 6.07) is 15.1. The van der Waals surface area contributed by atoms with E-state index >= 15 is 0 Å². The van der Waals surface area contributed by atoms with Gasteiger partial charge in [0.15, 0.2) is 5.76 Å². The lowest BCUT2D eigenvalue weighted by molar-refractivity contribution is 0.0696. The van der Waals surface area contributed by atoms with Crippen molar-refractivity contribution < 1.29 is 13.6 Å². The molecule has 2 aliphatic carbocycles. The lowest BCUT2D eigenvalue weighted by atomic mass is 10.0. The van der Waals surface area contributed by atoms with Crippen LogP contribution in [-0.4, -0.2) is 32.9 Å². The van der Waals surface area contributed by atoms with E-state index in [1.165, 1.54) is 12.3 Å². The molecule has 2 heterocycles. The quantitative estimate of drug-likeness (QED) is 0.385. The molecular weight excluding hydrogens is 431 g/mol. The molecule has 2 aromatic carbocycles. The lowest BCUT2D eigenvalue weighted by Gasteiger charge is -2.22. The number of nitrogens with one attached hydrogen (secondary N) is 1. The summed E-state index contributed by atoms with van der Waals surface area (Å²) in [5.74, 6) is 1.33. The lowest BCUT2D eigenvalue weighted by Crippen LogP contribution is -2.32. The van der Waals surface area contributed by atoms with Crippen LogP contribution in [0.3, 0.4) is 0 Å². The van der Waals surface area contributed by atoms with E-state index < -0.39 is 0 Å². The van der Waals surface area contributed by atoms with E-state index in [-0.39, 0.29) is 30.1 Å². The fourth-order valence-corrected chi connectivity index (χ4v) is 4.31. The first-order valence-corrected chi connectivity index (χ1v) is 11.7. The second-order valence-electron chi connectivity index (χ2n) is 9.22. The van der Waals surface area contributed by atoms with Crippen LogP contribution >= 0.6 is 0 Å². The van der Waals surface area contributed by atoms with Crippen LogP contribution in [0.1, 0.15) is 47.6 Å². The van der Waals surface area contributed by atoms with Crippen molar-refractivity contribution in [1.29, 1.82) is 0 Å². The van der Waals surface area contributed by atoms with Crippen LogP contribution in [0.2, 0.25) is 0 Å². The van der Waals surface area contributed by atoms with Crippen molar-refractivity contribution in [3.8, 4) is 11.1 Å². The summed E-state index contributed by atoms with van der Waals surface area (Å²) in [5, 5.41) is 4.46. The average Bonchev–Trinajstić information content (AvgIpc) is 3.77. The molecule has 172 valence electrons. The molecule has 0 radical (unpaired) electrons. The van der Waals surface area contributed by atoms with Crippen molar-refractivity contribution in [2.24, 2.45) is 0 Å². The molecule has 0 aliphatic heterocycles. The van der Waals surface area contributed by atoms with Gasteiger partial charge in [-0.25, -0.2) is 14.4 Å². The SMILES string of the molecule is Cc1nc(NC2CC2)c2cc(-c3ccc(F)c(CN(C(=O)c4ccco4)C4CC4)c3)ccc2n1. The first-order chi connectivity index (χ1) is 16.5. The maximum atomic E-state index is 14.9. The number of furan rings is 1. The fraction of sp³-hybridized carbons (Fsp3) is 0.296. The second kappa shape index (κ2) is 8.24. The molecular formula is C27H25FN4O2. The van der Waals surface area contributed by atoms with Gasteiger partial charge in [0.05, 0.1) is 11.8 Å². The molecule has 0 spiro atoms. The van der Waals surface area contributed by atoms with Gasteiger partial charge >= 0.3 is 0 Å². The summed E-state index contributed by atoms with van der Waals surface area (Å²) in [7, 11) is 0. The maximum absolute atomic E-state index is 14.9. The van der Waals surface area contributed by atoms with Crippen LogP contribution in [0.25, 0.3) is 22.0 Å². The van der Waals surface area contributed by atoms with Gasteiger partial charge in [-0.3, -0.25) is 4.79 Å². The van der Waals surface area contributed by atoms with E-state index in [4.69, 9.17) is 4.42 Å². The van der Waals surface area contributed by atoms with Crippen LogP contribution in [0.15, 0.2) is 59.2 Å². The third kappa shape index (κ3) is 4.14. The molecule has 0 unspecified atom stereocenters. The number of hydrogen-bond acceptors (Lipinski definition) is 5. The van der Waals surface area contributed by atoms with Crippen molar-refractivity contribution in [2.75, 3.05) is 5.32 Å². The van der Waals surface area contributed by atoms with Crippen LogP contribution in [0.5, 0.6) is 0 Å². The van der Waals surface area contributed by atoms with Gasteiger partial charge in [0.25, 0.3) is 5.91 Å². The van der Waals surface area contributed by atoms with Crippen molar-refractivity contribution in [2.45, 2.75) is 51.2 Å². The number of aryl methyl sites for hydroxylation is 1. The number of hydrogen-bond donors (Lipinski definition) is 1. The summed E-state index contributed by atoms with van der Waals surface area (Å²) in [6.07, 6.45) is 5.64. The molecule has 2 aliphatic rings. The molecule has 1 N–H and O–H groups in total. The van der Waals surface area contributed by atoms with Crippen LogP contribution < -0.4 is 5.32 Å². The number of halogens is 1. The third-order valence-electron chi connectivity index (χ3n) is 6.43. The molecule has 0 saturated heterocycles. The van der Waals surface area contributed by atoms with E-state index in [0.717, 1.165) is 59.4 Å². The Morgan fingerprint density at radius 1 is 1.09 bits per heavy atom. The van der Waals surface area contributed by atoms with Crippen LogP contribution in [0.4, 0.5) is 10.2 Å². The zero-order chi connectivity index (χ0) is 23.2. The third-order valence-corrected chi connectivity index (χ3v) is 6.43. The molecule has 6 nitrogen and oxygen atoms in total. The highest BCUT2D eigenvalue weighted by molar-refractivity contribution is 5.93. The van der Waals surface area contributed by atoms with E-state index in [1.54, 1.807) is 23.1 Å². The molecule has 4 aromatic rings. The van der Waals surface area contributed by atoms with Gasteiger partial charge < -0.3 is 14.6 Å². The normalized spacial score (nSPS) is 15.5. The Bertz CT molecular complexity index is 1380. The standard InChI is InChI=1S/C27H25FN4O2/c1-16-29-24-11-5-18(14-22(24)26(30-16)31-20-6-7-20)17-4-10-23(28)19(13-17)15-32(21-8-9-21)27(33)25-3-2-12-34-25/h2-5,10-14,20-21H,6-9,15H2,1H3,(H,29,30,31). The second-order valence-corrected chi connectivity index (χ2v) is 9.22. The minimum absolute atomic E-state index is 0.123. The number of fused-ring (bicyclic) bond motifs is 1. The molecule has 2 fully saturated rings. The van der Waals surface area contributed by atoms with Gasteiger partial charge in [-0.05, 0) is 80.1 Å². The number of amides is 1. The Kier molecular flexibility index (Phi) is 5.05. The largest absolute Gasteiger partial charge is 0.459 e. The Balaban J connectivity index is 1.34. The zero-order valence-electron chi connectivity index (χ0n) is 18.9. The van der Waals surface area contributed by atoms with Crippen molar-refractivity contribution in [1.82, 2.24) is 14.9 Å². The molecule has 0 atom stereocenters. The molecule has 2 aromatic heterocycles. The van der Waals surface area contributed by atoms with Crippen LogP contribution in [0, 0.1) is 12.7 Å². The summed E-state index contributed by atoms with van der Waals surface area (Å²) in [5.41, 5.74) is 3.21. The first-order valence-electron chi connectivity index (χ1n) is 11.7. The van der Waals surface area contributed by atoms with Gasteiger partial charge in [-0.15, -0.1) is 0 Å². The Labute approximate surface area is 196 Å². The monoisotopic (exact) mass is 456 g/mol. The van der Waals surface area contributed by atoms with Gasteiger partial charge in [0.1, 0.15) is 17.5 Å². The van der Waals surface area contributed by atoms with Crippen LogP contribution in [-0.2, 0) is 6.54 Å². The van der Waals surface area contributed by atoms with E-state index in [2.05, 4.69) is 21.4 Å². The summed E-state index contributed by atoms with van der Waals surface area (Å²) in [6.45, 7) is 2.10. The van der Waals surface area contributed by atoms with Crippen molar-refractivity contribution in [3.05, 3.63) is 77.8 Å². The highest BCUT2D eigenvalue weighted by atomic mass is 19.1. The number of carbonyl (C=O) groups is 1. The molecule has 0 bridgehead atoms. The van der Waals surface area contributed by atoms with Gasteiger partial charge in [-0.2, -0.15) is 0 Å². The Morgan fingerprint density at radius 2 is 1.88 bits per heavy atom. The number of benzene rings is 2.